The molecule has 0 spiro atoms. The first-order valence-electron chi connectivity index (χ1n) is 6.19. The lowest BCUT2D eigenvalue weighted by Gasteiger charge is -2.11. The van der Waals surface area contributed by atoms with Gasteiger partial charge in [0.25, 0.3) is 0 Å². The molecular formula is C12H17F3N2O3S. The summed E-state index contributed by atoms with van der Waals surface area (Å²) < 4.78 is 65.7. The summed E-state index contributed by atoms with van der Waals surface area (Å²) in [7, 11) is -3.75. The molecule has 1 aromatic carbocycles. The first-order chi connectivity index (χ1) is 9.60. The summed E-state index contributed by atoms with van der Waals surface area (Å²) in [4.78, 5) is -0.124. The van der Waals surface area contributed by atoms with Crippen LogP contribution in [-0.2, 0) is 10.0 Å². The van der Waals surface area contributed by atoms with Crippen molar-refractivity contribution in [1.82, 2.24) is 10.0 Å². The number of hydrogen-bond acceptors (Lipinski definition) is 4. The summed E-state index contributed by atoms with van der Waals surface area (Å²) in [5.41, 5.74) is 0. The van der Waals surface area contributed by atoms with Gasteiger partial charge in [-0.15, -0.1) is 13.2 Å². The number of nitrogens with one attached hydrogen (secondary N) is 2. The summed E-state index contributed by atoms with van der Waals surface area (Å²) in [5, 5.41) is 3.03. The smallest absolute Gasteiger partial charge is 0.406 e. The number of rotatable bonds is 7. The standard InChI is InChI=1S/C12H17F3N2O3S/c1-9(2)16-7-8-17-21(18,19)11-5-3-10(4-6-11)20-12(13,14)15/h3-6,9,16-17H,7-8H2,1-2H3. The molecule has 0 atom stereocenters. The van der Waals surface area contributed by atoms with Crippen LogP contribution < -0.4 is 14.8 Å². The average Bonchev–Trinajstić information content (AvgIpc) is 2.33. The second kappa shape index (κ2) is 7.10. The summed E-state index contributed by atoms with van der Waals surface area (Å²) in [6.45, 7) is 4.48. The molecule has 0 aliphatic carbocycles. The normalized spacial score (nSPS) is 12.7. The topological polar surface area (TPSA) is 67.4 Å². The molecular weight excluding hydrogens is 309 g/mol. The van der Waals surface area contributed by atoms with Crippen molar-refractivity contribution in [3.63, 3.8) is 0 Å². The molecule has 21 heavy (non-hydrogen) atoms. The molecule has 5 nitrogen and oxygen atoms in total. The molecule has 0 amide bonds. The lowest BCUT2D eigenvalue weighted by atomic mass is 10.3. The average molecular weight is 326 g/mol. The highest BCUT2D eigenvalue weighted by Crippen LogP contribution is 2.23. The van der Waals surface area contributed by atoms with E-state index in [9.17, 15) is 21.6 Å². The van der Waals surface area contributed by atoms with Crippen LogP contribution in [0, 0.1) is 0 Å². The number of alkyl halides is 3. The van der Waals surface area contributed by atoms with Gasteiger partial charge in [-0.05, 0) is 24.3 Å². The Morgan fingerprint density at radius 1 is 1.14 bits per heavy atom. The van der Waals surface area contributed by atoms with Crippen LogP contribution in [0.25, 0.3) is 0 Å². The van der Waals surface area contributed by atoms with Gasteiger partial charge in [-0.3, -0.25) is 0 Å². The molecule has 0 saturated heterocycles. The molecule has 0 fully saturated rings. The predicted octanol–water partition coefficient (Wildman–Crippen LogP) is 1.86. The number of hydrogen-bond donors (Lipinski definition) is 2. The van der Waals surface area contributed by atoms with Gasteiger partial charge in [0, 0.05) is 19.1 Å². The van der Waals surface area contributed by atoms with E-state index in [1.54, 1.807) is 0 Å². The molecule has 120 valence electrons. The SMILES string of the molecule is CC(C)NCCNS(=O)(=O)c1ccc(OC(F)(F)F)cc1. The van der Waals surface area contributed by atoms with Gasteiger partial charge in [0.05, 0.1) is 4.90 Å². The second-order valence-corrected chi connectivity index (χ2v) is 6.29. The Bertz CT molecular complexity index is 542. The van der Waals surface area contributed by atoms with Gasteiger partial charge in [0.15, 0.2) is 0 Å². The van der Waals surface area contributed by atoms with Crippen molar-refractivity contribution >= 4 is 10.0 Å². The lowest BCUT2D eigenvalue weighted by Crippen LogP contribution is -2.34. The summed E-state index contributed by atoms with van der Waals surface area (Å²) in [6, 6.07) is 4.25. The molecule has 0 aliphatic rings. The van der Waals surface area contributed by atoms with Crippen molar-refractivity contribution < 1.29 is 26.3 Å². The maximum atomic E-state index is 12.0. The molecule has 0 unspecified atom stereocenters. The van der Waals surface area contributed by atoms with E-state index in [-0.39, 0.29) is 17.5 Å². The van der Waals surface area contributed by atoms with E-state index in [2.05, 4.69) is 14.8 Å². The van der Waals surface area contributed by atoms with E-state index < -0.39 is 22.1 Å². The molecule has 0 saturated carbocycles. The highest BCUT2D eigenvalue weighted by molar-refractivity contribution is 7.89. The van der Waals surface area contributed by atoms with Crippen LogP contribution >= 0.6 is 0 Å². The van der Waals surface area contributed by atoms with Crippen LogP contribution in [0.4, 0.5) is 13.2 Å². The lowest BCUT2D eigenvalue weighted by molar-refractivity contribution is -0.274. The molecule has 0 bridgehead atoms. The minimum atomic E-state index is -4.80. The molecule has 1 rings (SSSR count). The van der Waals surface area contributed by atoms with Crippen LogP contribution in [0.2, 0.25) is 0 Å². The summed E-state index contributed by atoms with van der Waals surface area (Å²) in [5.74, 6) is -0.470. The molecule has 0 heterocycles. The van der Waals surface area contributed by atoms with E-state index in [0.29, 0.717) is 6.54 Å². The maximum Gasteiger partial charge on any atom is 0.573 e. The van der Waals surface area contributed by atoms with Crippen molar-refractivity contribution in [2.75, 3.05) is 13.1 Å². The van der Waals surface area contributed by atoms with Gasteiger partial charge in [-0.25, -0.2) is 13.1 Å². The van der Waals surface area contributed by atoms with Crippen molar-refractivity contribution in [2.45, 2.75) is 31.1 Å². The first-order valence-corrected chi connectivity index (χ1v) is 7.67. The number of sulfonamides is 1. The van der Waals surface area contributed by atoms with E-state index in [0.717, 1.165) is 24.3 Å². The van der Waals surface area contributed by atoms with Gasteiger partial charge >= 0.3 is 6.36 Å². The highest BCUT2D eigenvalue weighted by Gasteiger charge is 2.31. The highest BCUT2D eigenvalue weighted by atomic mass is 32.2. The molecule has 1 aromatic rings. The third-order valence-corrected chi connectivity index (χ3v) is 3.81. The molecule has 9 heteroatoms. The van der Waals surface area contributed by atoms with E-state index >= 15 is 0 Å². The maximum absolute atomic E-state index is 12.0. The van der Waals surface area contributed by atoms with Crippen LogP contribution in [0.1, 0.15) is 13.8 Å². The van der Waals surface area contributed by atoms with Crippen LogP contribution in [-0.4, -0.2) is 33.9 Å². The summed E-state index contributed by atoms with van der Waals surface area (Å²) in [6.07, 6.45) is -4.80. The van der Waals surface area contributed by atoms with Crippen LogP contribution in [0.15, 0.2) is 29.2 Å². The first kappa shape index (κ1) is 17.7. The Morgan fingerprint density at radius 2 is 1.71 bits per heavy atom. The Kier molecular flexibility index (Phi) is 5.99. The van der Waals surface area contributed by atoms with Gasteiger partial charge in [0.2, 0.25) is 10.0 Å². The zero-order valence-corrected chi connectivity index (χ0v) is 12.4. The minimum Gasteiger partial charge on any atom is -0.406 e. The van der Waals surface area contributed by atoms with Gasteiger partial charge in [-0.2, -0.15) is 0 Å². The Balaban J connectivity index is 2.63. The summed E-state index contributed by atoms with van der Waals surface area (Å²) >= 11 is 0. The predicted molar refractivity (Wildman–Crippen MR) is 71.5 cm³/mol. The van der Waals surface area contributed by atoms with Crippen molar-refractivity contribution in [3.05, 3.63) is 24.3 Å². The van der Waals surface area contributed by atoms with Gasteiger partial charge < -0.3 is 10.1 Å². The Hall–Kier alpha value is -1.32. The number of benzene rings is 1. The van der Waals surface area contributed by atoms with Crippen molar-refractivity contribution in [2.24, 2.45) is 0 Å². The Labute approximate surface area is 121 Å². The zero-order valence-electron chi connectivity index (χ0n) is 11.6. The Morgan fingerprint density at radius 3 is 2.19 bits per heavy atom. The van der Waals surface area contributed by atoms with Crippen molar-refractivity contribution in [1.29, 1.82) is 0 Å². The minimum absolute atomic E-state index is 0.124. The number of ether oxygens (including phenoxy) is 1. The fourth-order valence-corrected chi connectivity index (χ4v) is 2.48. The fraction of sp³-hybridized carbons (Fsp3) is 0.500. The monoisotopic (exact) mass is 326 g/mol. The number of halogens is 3. The largest absolute Gasteiger partial charge is 0.573 e. The molecule has 0 radical (unpaired) electrons. The molecule has 2 N–H and O–H groups in total. The van der Waals surface area contributed by atoms with Gasteiger partial charge in [-0.1, -0.05) is 13.8 Å². The molecule has 0 aliphatic heterocycles. The zero-order chi connectivity index (χ0) is 16.1. The fourth-order valence-electron chi connectivity index (χ4n) is 1.45. The van der Waals surface area contributed by atoms with E-state index in [4.69, 9.17) is 0 Å². The van der Waals surface area contributed by atoms with Gasteiger partial charge in [0.1, 0.15) is 5.75 Å². The quantitative estimate of drug-likeness (QED) is 0.751. The molecule has 0 aromatic heterocycles. The van der Waals surface area contributed by atoms with Crippen LogP contribution in [0.3, 0.4) is 0 Å². The second-order valence-electron chi connectivity index (χ2n) is 4.53. The third-order valence-electron chi connectivity index (χ3n) is 2.34. The third kappa shape index (κ3) is 6.78. The van der Waals surface area contributed by atoms with E-state index in [1.165, 1.54) is 0 Å². The van der Waals surface area contributed by atoms with E-state index in [1.807, 2.05) is 13.8 Å². The van der Waals surface area contributed by atoms with Crippen molar-refractivity contribution in [3.8, 4) is 5.75 Å². The van der Waals surface area contributed by atoms with Crippen LogP contribution in [0.5, 0.6) is 5.75 Å².